The fourth-order valence-corrected chi connectivity index (χ4v) is 5.17. The van der Waals surface area contributed by atoms with Gasteiger partial charge < -0.3 is 23.5 Å². The van der Waals surface area contributed by atoms with Crippen molar-refractivity contribution in [3.8, 4) is 11.5 Å². The number of carbonyl (C=O) groups is 1. The maximum absolute atomic E-state index is 13.5. The first kappa shape index (κ1) is 29.6. The lowest BCUT2D eigenvalue weighted by Crippen LogP contribution is -2.44. The van der Waals surface area contributed by atoms with Crippen molar-refractivity contribution in [1.29, 1.82) is 0 Å². The molecule has 0 atom stereocenters. The molecule has 0 saturated carbocycles. The summed E-state index contributed by atoms with van der Waals surface area (Å²) in [6.45, 7) is -0.107. The molecule has 210 valence electrons. The number of hydrogen-bond donors (Lipinski definition) is 0. The van der Waals surface area contributed by atoms with Crippen LogP contribution in [0.25, 0.3) is 0 Å². The molecule has 0 saturated heterocycles. The average molecular weight is 562 g/mol. The zero-order chi connectivity index (χ0) is 28.4. The van der Waals surface area contributed by atoms with Gasteiger partial charge in [-0.3, -0.25) is 14.9 Å². The van der Waals surface area contributed by atoms with Gasteiger partial charge in [-0.25, -0.2) is 8.42 Å². The molecule has 12 nitrogen and oxygen atoms in total. The van der Waals surface area contributed by atoms with E-state index in [9.17, 15) is 23.3 Å². The van der Waals surface area contributed by atoms with Crippen molar-refractivity contribution in [2.75, 3.05) is 47.6 Å². The Hall–Kier alpha value is -3.94. The van der Waals surface area contributed by atoms with Gasteiger partial charge in [0.25, 0.3) is 5.69 Å². The number of benzene rings is 2. The predicted octanol–water partition coefficient (Wildman–Crippen LogP) is 3.11. The van der Waals surface area contributed by atoms with Gasteiger partial charge in [0.1, 0.15) is 5.76 Å². The van der Waals surface area contributed by atoms with Gasteiger partial charge >= 0.3 is 0 Å². The molecule has 0 unspecified atom stereocenters. The Labute approximate surface area is 226 Å². The van der Waals surface area contributed by atoms with Crippen molar-refractivity contribution in [3.63, 3.8) is 0 Å². The van der Waals surface area contributed by atoms with Crippen molar-refractivity contribution in [2.45, 2.75) is 17.9 Å². The first-order chi connectivity index (χ1) is 18.7. The average Bonchev–Trinajstić information content (AvgIpc) is 3.46. The molecule has 2 aromatic carbocycles. The van der Waals surface area contributed by atoms with Crippen molar-refractivity contribution in [3.05, 3.63) is 82.3 Å². The maximum atomic E-state index is 13.5. The molecule has 3 aromatic rings. The number of rotatable bonds is 15. The minimum Gasteiger partial charge on any atom is -0.493 e. The summed E-state index contributed by atoms with van der Waals surface area (Å²) in [6, 6.07) is 13.4. The number of hydrogen-bond acceptors (Lipinski definition) is 9. The van der Waals surface area contributed by atoms with Crippen molar-refractivity contribution >= 4 is 21.6 Å². The van der Waals surface area contributed by atoms with Crippen LogP contribution in [-0.2, 0) is 32.5 Å². The molecule has 0 spiro atoms. The molecule has 1 aromatic heterocycles. The van der Waals surface area contributed by atoms with Crippen molar-refractivity contribution in [2.24, 2.45) is 0 Å². The van der Waals surface area contributed by atoms with Gasteiger partial charge in [-0.1, -0.05) is 6.07 Å². The SMILES string of the molecule is COCCN(CC(=O)N(CCc1ccc(OC)c(OC)c1)Cc1ccco1)S(=O)(=O)c1ccc([N+](=O)[O-])cc1. The molecule has 0 radical (unpaired) electrons. The second-order valence-electron chi connectivity index (χ2n) is 8.42. The molecule has 13 heteroatoms. The normalized spacial score (nSPS) is 11.4. The Bertz CT molecular complexity index is 1340. The highest BCUT2D eigenvalue weighted by molar-refractivity contribution is 7.89. The van der Waals surface area contributed by atoms with Gasteiger partial charge in [0.2, 0.25) is 15.9 Å². The highest BCUT2D eigenvalue weighted by atomic mass is 32.2. The number of sulfonamides is 1. The molecular formula is C26H31N3O9S. The number of nitro benzene ring substituents is 1. The summed E-state index contributed by atoms with van der Waals surface area (Å²) in [5, 5.41) is 11.0. The van der Waals surface area contributed by atoms with Crippen molar-refractivity contribution < 1.29 is 36.8 Å². The summed E-state index contributed by atoms with van der Waals surface area (Å²) in [5.41, 5.74) is 0.646. The third-order valence-corrected chi connectivity index (χ3v) is 7.80. The first-order valence-electron chi connectivity index (χ1n) is 11.9. The Kier molecular flexibility index (Phi) is 10.4. The fourth-order valence-electron chi connectivity index (χ4n) is 3.80. The van der Waals surface area contributed by atoms with E-state index in [-0.39, 0.29) is 36.8 Å². The quantitative estimate of drug-likeness (QED) is 0.202. The third kappa shape index (κ3) is 7.78. The molecule has 3 rings (SSSR count). The number of furan rings is 1. The van der Waals surface area contributed by atoms with E-state index >= 15 is 0 Å². The van der Waals surface area contributed by atoms with Crippen molar-refractivity contribution in [1.82, 2.24) is 9.21 Å². The van der Waals surface area contributed by atoms with Gasteiger partial charge in [0.05, 0.1) is 50.0 Å². The Morgan fingerprint density at radius 1 is 1.00 bits per heavy atom. The maximum Gasteiger partial charge on any atom is 0.269 e. The van der Waals surface area contributed by atoms with Gasteiger partial charge in [-0.15, -0.1) is 0 Å². The van der Waals surface area contributed by atoms with E-state index in [2.05, 4.69) is 0 Å². The zero-order valence-corrected chi connectivity index (χ0v) is 22.8. The lowest BCUT2D eigenvalue weighted by Gasteiger charge is -2.27. The fraction of sp³-hybridized carbons (Fsp3) is 0.346. The molecule has 0 bridgehead atoms. The van der Waals surface area contributed by atoms with Crippen LogP contribution in [0.4, 0.5) is 5.69 Å². The number of ether oxygens (including phenoxy) is 3. The summed E-state index contributed by atoms with van der Waals surface area (Å²) < 4.78 is 48.9. The van der Waals surface area contributed by atoms with Crippen LogP contribution in [0.3, 0.4) is 0 Å². The van der Waals surface area contributed by atoms with Crippen LogP contribution in [-0.4, -0.2) is 76.0 Å². The van der Waals surface area contributed by atoms with Crippen LogP contribution in [0.15, 0.2) is 70.2 Å². The van der Waals surface area contributed by atoms with Gasteiger partial charge in [0.15, 0.2) is 11.5 Å². The molecule has 0 aliphatic carbocycles. The number of methoxy groups -OCH3 is 3. The molecule has 1 amide bonds. The number of nitro groups is 1. The standard InChI is InChI=1S/C26H31N3O9S/c1-35-16-14-28(39(33,34)23-9-7-21(8-10-23)29(31)32)19-26(30)27(18-22-5-4-15-38-22)13-12-20-6-11-24(36-2)25(17-20)37-3/h4-11,15,17H,12-14,16,18-19H2,1-3H3. The molecule has 0 fully saturated rings. The third-order valence-electron chi connectivity index (χ3n) is 5.94. The van der Waals surface area contributed by atoms with Gasteiger partial charge in [-0.05, 0) is 48.4 Å². The minimum atomic E-state index is -4.16. The zero-order valence-electron chi connectivity index (χ0n) is 21.9. The molecule has 0 aliphatic heterocycles. The second-order valence-corrected chi connectivity index (χ2v) is 10.4. The number of amides is 1. The van der Waals surface area contributed by atoms with Crippen LogP contribution >= 0.6 is 0 Å². The Balaban J connectivity index is 1.83. The number of nitrogens with zero attached hydrogens (tertiary/aromatic N) is 3. The monoisotopic (exact) mass is 561 g/mol. The van der Waals surface area contributed by atoms with E-state index < -0.39 is 27.4 Å². The van der Waals surface area contributed by atoms with Crippen LogP contribution in [0.2, 0.25) is 0 Å². The van der Waals surface area contributed by atoms with E-state index in [1.165, 1.54) is 25.4 Å². The summed E-state index contributed by atoms with van der Waals surface area (Å²) in [4.78, 5) is 25.2. The summed E-state index contributed by atoms with van der Waals surface area (Å²) in [5.74, 6) is 1.22. The van der Waals surface area contributed by atoms with E-state index in [0.717, 1.165) is 34.1 Å². The second kappa shape index (κ2) is 13.7. The van der Waals surface area contributed by atoms with Crippen LogP contribution in [0, 0.1) is 10.1 Å². The van der Waals surface area contributed by atoms with E-state index in [1.54, 1.807) is 25.3 Å². The van der Waals surface area contributed by atoms with Gasteiger partial charge in [0, 0.05) is 32.3 Å². The topological polar surface area (TPSA) is 142 Å². The first-order valence-corrected chi connectivity index (χ1v) is 13.4. The lowest BCUT2D eigenvalue weighted by atomic mass is 10.1. The van der Waals surface area contributed by atoms with Crippen LogP contribution in [0.1, 0.15) is 11.3 Å². The highest BCUT2D eigenvalue weighted by Gasteiger charge is 2.29. The smallest absolute Gasteiger partial charge is 0.269 e. The molecular weight excluding hydrogens is 530 g/mol. The summed E-state index contributed by atoms with van der Waals surface area (Å²) >= 11 is 0. The molecule has 0 aliphatic rings. The van der Waals surface area contributed by atoms with E-state index in [4.69, 9.17) is 18.6 Å². The number of carbonyl (C=O) groups excluding carboxylic acids is 1. The molecule has 39 heavy (non-hydrogen) atoms. The highest BCUT2D eigenvalue weighted by Crippen LogP contribution is 2.28. The van der Waals surface area contributed by atoms with Crippen LogP contribution < -0.4 is 9.47 Å². The number of non-ortho nitro benzene ring substituents is 1. The summed E-state index contributed by atoms with van der Waals surface area (Å²) in [6.07, 6.45) is 1.95. The van der Waals surface area contributed by atoms with E-state index in [0.29, 0.717) is 23.7 Å². The summed E-state index contributed by atoms with van der Waals surface area (Å²) in [7, 11) is 0.340. The van der Waals surface area contributed by atoms with E-state index in [1.807, 2.05) is 12.1 Å². The van der Waals surface area contributed by atoms with Gasteiger partial charge in [-0.2, -0.15) is 4.31 Å². The Morgan fingerprint density at radius 3 is 2.31 bits per heavy atom. The largest absolute Gasteiger partial charge is 0.493 e. The Morgan fingerprint density at radius 2 is 1.72 bits per heavy atom. The lowest BCUT2D eigenvalue weighted by molar-refractivity contribution is -0.384. The molecule has 0 N–H and O–H groups in total. The minimum absolute atomic E-state index is 0.0450. The van der Waals surface area contributed by atoms with Crippen LogP contribution in [0.5, 0.6) is 11.5 Å². The molecule has 1 heterocycles. The predicted molar refractivity (Wildman–Crippen MR) is 141 cm³/mol.